The van der Waals surface area contributed by atoms with Gasteiger partial charge in [-0.15, -0.1) is 0 Å². The molecule has 0 aliphatic heterocycles. The lowest BCUT2D eigenvalue weighted by Crippen LogP contribution is -2.27. The third-order valence-corrected chi connectivity index (χ3v) is 4.58. The van der Waals surface area contributed by atoms with E-state index in [4.69, 9.17) is 27.4 Å². The van der Waals surface area contributed by atoms with Gasteiger partial charge in [0.2, 0.25) is 0 Å². The molecule has 1 saturated carbocycles. The van der Waals surface area contributed by atoms with Crippen LogP contribution in [-0.4, -0.2) is 18.2 Å². The summed E-state index contributed by atoms with van der Waals surface area (Å²) in [7, 11) is 1.63. The predicted molar refractivity (Wildman–Crippen MR) is 89.7 cm³/mol. The van der Waals surface area contributed by atoms with E-state index in [0.717, 1.165) is 16.9 Å². The third kappa shape index (κ3) is 4.17. The monoisotopic (exact) mass is 307 g/mol. The highest BCUT2D eigenvalue weighted by Gasteiger charge is 2.24. The highest BCUT2D eigenvalue weighted by molar-refractivity contribution is 7.80. The van der Waals surface area contributed by atoms with Crippen LogP contribution in [0.2, 0.25) is 0 Å². The molecule has 0 radical (unpaired) electrons. The van der Waals surface area contributed by atoms with Crippen molar-refractivity contribution < 1.29 is 9.47 Å². The molecular weight excluding hydrogens is 282 g/mol. The van der Waals surface area contributed by atoms with Gasteiger partial charge in [0.15, 0.2) is 0 Å². The molecule has 1 aromatic rings. The number of hydrogen-bond acceptors (Lipinski definition) is 3. The van der Waals surface area contributed by atoms with Gasteiger partial charge in [-0.1, -0.05) is 44.5 Å². The lowest BCUT2D eigenvalue weighted by atomic mass is 9.85. The van der Waals surface area contributed by atoms with Crippen molar-refractivity contribution in [3.63, 3.8) is 0 Å². The van der Waals surface area contributed by atoms with Gasteiger partial charge >= 0.3 is 0 Å². The number of hydrogen-bond donors (Lipinski definition) is 1. The summed E-state index contributed by atoms with van der Waals surface area (Å²) >= 11 is 5.02. The van der Waals surface area contributed by atoms with Crippen LogP contribution in [-0.2, 0) is 11.3 Å². The minimum absolute atomic E-state index is 0.359. The van der Waals surface area contributed by atoms with E-state index in [1.807, 2.05) is 18.2 Å². The van der Waals surface area contributed by atoms with Crippen molar-refractivity contribution in [1.29, 1.82) is 0 Å². The first-order valence-electron chi connectivity index (χ1n) is 7.74. The molecule has 1 aliphatic rings. The molecule has 1 fully saturated rings. The van der Waals surface area contributed by atoms with Gasteiger partial charge in [-0.05, 0) is 36.5 Å². The fraction of sp³-hybridized carbons (Fsp3) is 0.588. The molecule has 3 nitrogen and oxygen atoms in total. The first-order chi connectivity index (χ1) is 10.2. The Morgan fingerprint density at radius 3 is 2.76 bits per heavy atom. The molecule has 0 amide bonds. The molecule has 0 aromatic heterocycles. The van der Waals surface area contributed by atoms with Gasteiger partial charge in [0.25, 0.3) is 0 Å². The van der Waals surface area contributed by atoms with Crippen molar-refractivity contribution in [1.82, 2.24) is 0 Å². The molecular formula is C17H25NO2S. The third-order valence-electron chi connectivity index (χ3n) is 4.36. The summed E-state index contributed by atoms with van der Waals surface area (Å²) < 4.78 is 11.5. The average molecular weight is 307 g/mol. The number of benzene rings is 1. The van der Waals surface area contributed by atoms with E-state index in [2.05, 4.69) is 6.92 Å². The van der Waals surface area contributed by atoms with E-state index in [0.29, 0.717) is 23.6 Å². The highest BCUT2D eigenvalue weighted by atomic mass is 32.1. The molecule has 4 heteroatoms. The molecule has 1 aromatic carbocycles. The van der Waals surface area contributed by atoms with Crippen molar-refractivity contribution in [2.24, 2.45) is 11.7 Å². The molecule has 0 spiro atoms. The van der Waals surface area contributed by atoms with E-state index in [-0.39, 0.29) is 0 Å². The van der Waals surface area contributed by atoms with Crippen molar-refractivity contribution >= 4 is 17.2 Å². The second-order valence-corrected chi connectivity index (χ2v) is 6.14. The van der Waals surface area contributed by atoms with E-state index in [1.165, 1.54) is 32.1 Å². The fourth-order valence-corrected chi connectivity index (χ4v) is 3.26. The van der Waals surface area contributed by atoms with E-state index < -0.39 is 0 Å². The maximum Gasteiger partial charge on any atom is 0.129 e. The van der Waals surface area contributed by atoms with Crippen molar-refractivity contribution in [2.75, 3.05) is 7.11 Å². The van der Waals surface area contributed by atoms with Crippen LogP contribution < -0.4 is 10.5 Å². The first kappa shape index (κ1) is 16.2. The number of methoxy groups -OCH3 is 1. The highest BCUT2D eigenvalue weighted by Crippen LogP contribution is 2.30. The van der Waals surface area contributed by atoms with Crippen LogP contribution in [0.25, 0.3) is 0 Å². The zero-order valence-electron chi connectivity index (χ0n) is 12.9. The van der Waals surface area contributed by atoms with Crippen LogP contribution in [0.4, 0.5) is 0 Å². The second kappa shape index (κ2) is 7.76. The molecule has 0 bridgehead atoms. The van der Waals surface area contributed by atoms with Crippen molar-refractivity contribution in [3.05, 3.63) is 29.3 Å². The smallest absolute Gasteiger partial charge is 0.129 e. The lowest BCUT2D eigenvalue weighted by Gasteiger charge is -2.30. The van der Waals surface area contributed by atoms with E-state index in [1.54, 1.807) is 7.11 Å². The Balaban J connectivity index is 2.01. The largest absolute Gasteiger partial charge is 0.496 e. The van der Waals surface area contributed by atoms with Gasteiger partial charge in [0.05, 0.1) is 25.4 Å². The summed E-state index contributed by atoms with van der Waals surface area (Å²) in [5, 5.41) is 0. The van der Waals surface area contributed by atoms with Crippen LogP contribution in [0.3, 0.4) is 0 Å². The van der Waals surface area contributed by atoms with Gasteiger partial charge in [-0.25, -0.2) is 0 Å². The molecule has 1 aliphatic carbocycles. The van der Waals surface area contributed by atoms with Gasteiger partial charge < -0.3 is 15.2 Å². The standard InChI is InChI=1S/C17H25NO2S/c1-3-13-6-4-5-7-15(13)20-11-12-8-9-14(17(18)21)16(10-12)19-2/h8-10,13,15H,3-7,11H2,1-2H3,(H2,18,21). The van der Waals surface area contributed by atoms with Crippen molar-refractivity contribution in [3.8, 4) is 5.75 Å². The summed E-state index contributed by atoms with van der Waals surface area (Å²) in [6, 6.07) is 5.90. The minimum Gasteiger partial charge on any atom is -0.496 e. The summed E-state index contributed by atoms with van der Waals surface area (Å²) in [4.78, 5) is 0.359. The van der Waals surface area contributed by atoms with Crippen LogP contribution in [0.1, 0.15) is 50.2 Å². The van der Waals surface area contributed by atoms with Gasteiger partial charge in [0.1, 0.15) is 10.7 Å². The molecule has 21 heavy (non-hydrogen) atoms. The maximum atomic E-state index is 6.15. The van der Waals surface area contributed by atoms with Gasteiger partial charge in [-0.2, -0.15) is 0 Å². The molecule has 116 valence electrons. The molecule has 2 unspecified atom stereocenters. The molecule has 2 atom stereocenters. The number of nitrogens with two attached hydrogens (primary N) is 1. The van der Waals surface area contributed by atoms with Crippen LogP contribution in [0.15, 0.2) is 18.2 Å². The molecule has 0 saturated heterocycles. The fourth-order valence-electron chi connectivity index (χ4n) is 3.09. The van der Waals surface area contributed by atoms with Gasteiger partial charge in [0, 0.05) is 0 Å². The Bertz CT molecular complexity index is 490. The summed E-state index contributed by atoms with van der Waals surface area (Å²) in [5.41, 5.74) is 7.57. The Morgan fingerprint density at radius 1 is 1.33 bits per heavy atom. The Kier molecular flexibility index (Phi) is 6.00. The van der Waals surface area contributed by atoms with Crippen LogP contribution in [0.5, 0.6) is 5.75 Å². The summed E-state index contributed by atoms with van der Waals surface area (Å²) in [6.45, 7) is 2.88. The topological polar surface area (TPSA) is 44.5 Å². The zero-order valence-corrected chi connectivity index (χ0v) is 13.7. The number of thiocarbonyl (C=S) groups is 1. The van der Waals surface area contributed by atoms with Crippen LogP contribution in [0, 0.1) is 5.92 Å². The van der Waals surface area contributed by atoms with E-state index >= 15 is 0 Å². The quantitative estimate of drug-likeness (QED) is 0.812. The van der Waals surface area contributed by atoms with Crippen molar-refractivity contribution in [2.45, 2.75) is 51.7 Å². The lowest BCUT2D eigenvalue weighted by molar-refractivity contribution is -0.0222. The Morgan fingerprint density at radius 2 is 2.10 bits per heavy atom. The summed E-state index contributed by atoms with van der Waals surface area (Å²) in [5.74, 6) is 1.43. The van der Waals surface area contributed by atoms with E-state index in [9.17, 15) is 0 Å². The molecule has 0 heterocycles. The number of ether oxygens (including phenoxy) is 2. The molecule has 2 N–H and O–H groups in total. The molecule has 2 rings (SSSR count). The zero-order chi connectivity index (χ0) is 15.2. The predicted octanol–water partition coefficient (Wildman–Crippen LogP) is 3.81. The normalized spacial score (nSPS) is 22.0. The first-order valence-corrected chi connectivity index (χ1v) is 8.14. The van der Waals surface area contributed by atoms with Crippen LogP contribution >= 0.6 is 12.2 Å². The average Bonchev–Trinajstić information content (AvgIpc) is 2.52. The second-order valence-electron chi connectivity index (χ2n) is 5.70. The Labute approximate surface area is 132 Å². The number of rotatable bonds is 6. The summed E-state index contributed by atoms with van der Waals surface area (Å²) in [6.07, 6.45) is 6.70. The SMILES string of the molecule is CCC1CCCCC1OCc1ccc(C(N)=S)c(OC)c1. The van der Waals surface area contributed by atoms with Gasteiger partial charge in [-0.3, -0.25) is 0 Å². The maximum absolute atomic E-state index is 6.15. The minimum atomic E-state index is 0.359. The Hall–Kier alpha value is -1.13.